The summed E-state index contributed by atoms with van der Waals surface area (Å²) in [5.41, 5.74) is -0.331. The van der Waals surface area contributed by atoms with Crippen LogP contribution in [0, 0.1) is 23.4 Å². The van der Waals surface area contributed by atoms with Crippen molar-refractivity contribution in [3.05, 3.63) is 35.1 Å². The zero-order valence-corrected chi connectivity index (χ0v) is 9.70. The van der Waals surface area contributed by atoms with Gasteiger partial charge in [0.25, 0.3) is 5.91 Å². The van der Waals surface area contributed by atoms with Crippen LogP contribution in [0.4, 0.5) is 13.2 Å². The Morgan fingerprint density at radius 2 is 1.79 bits per heavy atom. The highest BCUT2D eigenvalue weighted by Gasteiger charge is 2.31. The van der Waals surface area contributed by atoms with Crippen LogP contribution in [0.2, 0.25) is 0 Å². The van der Waals surface area contributed by atoms with E-state index in [4.69, 9.17) is 5.11 Å². The summed E-state index contributed by atoms with van der Waals surface area (Å²) in [5.74, 6) is -6.94. The molecule has 1 saturated heterocycles. The van der Waals surface area contributed by atoms with Gasteiger partial charge < -0.3 is 10.0 Å². The van der Waals surface area contributed by atoms with E-state index in [0.717, 1.165) is 0 Å². The molecule has 1 aliphatic heterocycles. The molecule has 7 heteroatoms. The molecule has 4 nitrogen and oxygen atoms in total. The van der Waals surface area contributed by atoms with Gasteiger partial charge in [-0.25, -0.2) is 13.2 Å². The van der Waals surface area contributed by atoms with Gasteiger partial charge in [-0.1, -0.05) is 0 Å². The summed E-state index contributed by atoms with van der Waals surface area (Å²) in [4.78, 5) is 23.8. The molecule has 1 amide bonds. The summed E-state index contributed by atoms with van der Waals surface area (Å²) in [5, 5.41) is 8.80. The van der Waals surface area contributed by atoms with Crippen LogP contribution in [-0.2, 0) is 4.79 Å². The van der Waals surface area contributed by atoms with Gasteiger partial charge in [0.15, 0.2) is 17.5 Å². The average molecular weight is 273 g/mol. The second kappa shape index (κ2) is 4.91. The van der Waals surface area contributed by atoms with Gasteiger partial charge in [-0.2, -0.15) is 0 Å². The number of carbonyl (C=O) groups excluding carboxylic acids is 1. The minimum absolute atomic E-state index is 0.0191. The number of likely N-dealkylation sites (tertiary alicyclic amines) is 1. The fraction of sp³-hybridized carbons (Fsp3) is 0.333. The van der Waals surface area contributed by atoms with E-state index in [-0.39, 0.29) is 25.1 Å². The lowest BCUT2D eigenvalue weighted by Gasteiger charge is -2.16. The molecule has 1 N–H and O–H groups in total. The lowest BCUT2D eigenvalue weighted by atomic mass is 10.1. The fourth-order valence-corrected chi connectivity index (χ4v) is 2.01. The van der Waals surface area contributed by atoms with E-state index in [1.165, 1.54) is 4.90 Å². The van der Waals surface area contributed by atoms with Crippen molar-refractivity contribution in [3.63, 3.8) is 0 Å². The molecule has 1 aromatic rings. The van der Waals surface area contributed by atoms with Crippen molar-refractivity contribution in [3.8, 4) is 0 Å². The Morgan fingerprint density at radius 3 is 2.26 bits per heavy atom. The Kier molecular flexibility index (Phi) is 3.46. The predicted octanol–water partition coefficient (Wildman–Crippen LogP) is 1.65. The standard InChI is InChI=1S/C12H10F3NO3/c13-8-3-7(4-9(14)10(8)15)11(17)16-2-1-6(5-16)12(18)19/h3-4,6H,1-2,5H2,(H,18,19)/t6-/m0/s1. The van der Waals surface area contributed by atoms with Crippen LogP contribution < -0.4 is 0 Å². The molecule has 0 bridgehead atoms. The maximum Gasteiger partial charge on any atom is 0.308 e. The number of hydrogen-bond acceptors (Lipinski definition) is 2. The molecule has 19 heavy (non-hydrogen) atoms. The summed E-state index contributed by atoms with van der Waals surface area (Å²) in [6.45, 7) is 0.172. The molecule has 0 unspecified atom stereocenters. The molecule has 102 valence electrons. The molecule has 0 spiro atoms. The van der Waals surface area contributed by atoms with Gasteiger partial charge in [0.2, 0.25) is 0 Å². The Balaban J connectivity index is 2.19. The van der Waals surface area contributed by atoms with E-state index in [1.54, 1.807) is 0 Å². The van der Waals surface area contributed by atoms with Gasteiger partial charge in [-0.15, -0.1) is 0 Å². The predicted molar refractivity (Wildman–Crippen MR) is 58.0 cm³/mol. The Labute approximate surface area is 106 Å². The number of hydrogen-bond donors (Lipinski definition) is 1. The van der Waals surface area contributed by atoms with Crippen molar-refractivity contribution in [1.82, 2.24) is 4.90 Å². The van der Waals surface area contributed by atoms with Crippen molar-refractivity contribution in [2.45, 2.75) is 6.42 Å². The van der Waals surface area contributed by atoms with Crippen LogP contribution in [0.5, 0.6) is 0 Å². The van der Waals surface area contributed by atoms with Crippen LogP contribution in [0.25, 0.3) is 0 Å². The molecular weight excluding hydrogens is 263 g/mol. The van der Waals surface area contributed by atoms with E-state index in [1.807, 2.05) is 0 Å². The number of benzene rings is 1. The fourth-order valence-electron chi connectivity index (χ4n) is 2.01. The number of rotatable bonds is 2. The molecule has 2 rings (SSSR count). The summed E-state index contributed by atoms with van der Waals surface area (Å²) >= 11 is 0. The second-order valence-electron chi connectivity index (χ2n) is 4.33. The lowest BCUT2D eigenvalue weighted by molar-refractivity contribution is -0.141. The third-order valence-electron chi connectivity index (χ3n) is 3.06. The highest BCUT2D eigenvalue weighted by molar-refractivity contribution is 5.94. The van der Waals surface area contributed by atoms with Gasteiger partial charge in [0.1, 0.15) is 0 Å². The van der Waals surface area contributed by atoms with E-state index < -0.39 is 35.2 Å². The molecule has 1 fully saturated rings. The highest BCUT2D eigenvalue weighted by atomic mass is 19.2. The number of amides is 1. The topological polar surface area (TPSA) is 57.6 Å². The average Bonchev–Trinajstić information content (AvgIpc) is 2.84. The number of carboxylic acid groups (broad SMARTS) is 1. The monoisotopic (exact) mass is 273 g/mol. The molecular formula is C12H10F3NO3. The minimum atomic E-state index is -1.64. The van der Waals surface area contributed by atoms with Crippen LogP contribution >= 0.6 is 0 Å². The van der Waals surface area contributed by atoms with Crippen LogP contribution in [0.3, 0.4) is 0 Å². The zero-order chi connectivity index (χ0) is 14.2. The van der Waals surface area contributed by atoms with Gasteiger partial charge in [-0.05, 0) is 18.6 Å². The first-order chi connectivity index (χ1) is 8.90. The summed E-state index contributed by atoms with van der Waals surface area (Å²) in [6.07, 6.45) is 0.285. The number of aliphatic carboxylic acids is 1. The molecule has 1 atom stereocenters. The first kappa shape index (κ1) is 13.4. The second-order valence-corrected chi connectivity index (χ2v) is 4.33. The van der Waals surface area contributed by atoms with E-state index >= 15 is 0 Å². The van der Waals surface area contributed by atoms with Crippen molar-refractivity contribution in [2.75, 3.05) is 13.1 Å². The van der Waals surface area contributed by atoms with E-state index in [9.17, 15) is 22.8 Å². The van der Waals surface area contributed by atoms with Crippen LogP contribution in [0.15, 0.2) is 12.1 Å². The molecule has 0 radical (unpaired) electrons. The van der Waals surface area contributed by atoms with E-state index in [2.05, 4.69) is 0 Å². The maximum atomic E-state index is 13.0. The normalized spacial score (nSPS) is 18.7. The van der Waals surface area contributed by atoms with Gasteiger partial charge in [0, 0.05) is 18.7 Å². The van der Waals surface area contributed by atoms with Gasteiger partial charge >= 0.3 is 5.97 Å². The first-order valence-electron chi connectivity index (χ1n) is 5.56. The largest absolute Gasteiger partial charge is 0.481 e. The minimum Gasteiger partial charge on any atom is -0.481 e. The number of carboxylic acids is 1. The van der Waals surface area contributed by atoms with E-state index in [0.29, 0.717) is 12.1 Å². The molecule has 1 heterocycles. The molecule has 0 aromatic heterocycles. The Hall–Kier alpha value is -2.05. The van der Waals surface area contributed by atoms with Crippen LogP contribution in [0.1, 0.15) is 16.8 Å². The quantitative estimate of drug-likeness (QED) is 0.833. The van der Waals surface area contributed by atoms with Crippen LogP contribution in [-0.4, -0.2) is 35.0 Å². The third-order valence-corrected chi connectivity index (χ3v) is 3.06. The first-order valence-corrected chi connectivity index (χ1v) is 5.56. The van der Waals surface area contributed by atoms with Crippen molar-refractivity contribution in [1.29, 1.82) is 0 Å². The summed E-state index contributed by atoms with van der Waals surface area (Å²) in [7, 11) is 0. The SMILES string of the molecule is O=C(O)[C@H]1CCN(C(=O)c2cc(F)c(F)c(F)c2)C1. The zero-order valence-electron chi connectivity index (χ0n) is 9.70. The number of halogens is 3. The molecule has 0 saturated carbocycles. The molecule has 1 aliphatic rings. The third kappa shape index (κ3) is 2.54. The number of nitrogens with zero attached hydrogens (tertiary/aromatic N) is 1. The number of carbonyl (C=O) groups is 2. The van der Waals surface area contributed by atoms with Gasteiger partial charge in [-0.3, -0.25) is 9.59 Å². The van der Waals surface area contributed by atoms with Crippen molar-refractivity contribution < 1.29 is 27.9 Å². The Bertz CT molecular complexity index is 524. The summed E-state index contributed by atoms with van der Waals surface area (Å²) in [6, 6.07) is 1.21. The Morgan fingerprint density at radius 1 is 1.21 bits per heavy atom. The van der Waals surface area contributed by atoms with Crippen molar-refractivity contribution in [2.24, 2.45) is 5.92 Å². The maximum absolute atomic E-state index is 13.0. The molecule has 1 aromatic carbocycles. The highest BCUT2D eigenvalue weighted by Crippen LogP contribution is 2.21. The van der Waals surface area contributed by atoms with Crippen molar-refractivity contribution >= 4 is 11.9 Å². The smallest absolute Gasteiger partial charge is 0.308 e. The molecule has 0 aliphatic carbocycles. The van der Waals surface area contributed by atoms with Gasteiger partial charge in [0.05, 0.1) is 5.92 Å². The summed E-state index contributed by atoms with van der Waals surface area (Å²) < 4.78 is 38.8. The lowest BCUT2D eigenvalue weighted by Crippen LogP contribution is -2.30.